The topological polar surface area (TPSA) is 44.8 Å². The van der Waals surface area contributed by atoms with Gasteiger partial charge in [-0.05, 0) is 72.4 Å². The number of fused-ring (bicyclic) bond motifs is 1. The molecule has 1 aliphatic carbocycles. The van der Waals surface area contributed by atoms with Crippen LogP contribution in [0.5, 0.6) is 11.5 Å². The number of hydrogen-bond donors (Lipinski definition) is 0. The van der Waals surface area contributed by atoms with Crippen molar-refractivity contribution in [3.05, 3.63) is 86.9 Å². The number of ether oxygens (including phenoxy) is 3. The summed E-state index contributed by atoms with van der Waals surface area (Å²) in [5.74, 6) is 2.07. The predicted octanol–water partition coefficient (Wildman–Crippen LogP) is 6.91. The molecule has 3 aromatic carbocycles. The average molecular weight is 503 g/mol. The fourth-order valence-corrected chi connectivity index (χ4v) is 5.29. The summed E-state index contributed by atoms with van der Waals surface area (Å²) < 4.78 is 16.2. The van der Waals surface area contributed by atoms with Crippen molar-refractivity contribution >= 4 is 40.9 Å². The molecule has 0 unspecified atom stereocenters. The molecule has 0 saturated heterocycles. The summed E-state index contributed by atoms with van der Waals surface area (Å²) in [6, 6.07) is 17.6. The quantitative estimate of drug-likeness (QED) is 0.235. The summed E-state index contributed by atoms with van der Waals surface area (Å²) in [4.78, 5) is 12.7. The van der Waals surface area contributed by atoms with Gasteiger partial charge in [-0.1, -0.05) is 41.4 Å². The summed E-state index contributed by atoms with van der Waals surface area (Å²) in [7, 11) is 1.36. The molecule has 7 heteroatoms. The van der Waals surface area contributed by atoms with Crippen LogP contribution in [0.1, 0.15) is 28.7 Å². The zero-order chi connectivity index (χ0) is 23.2. The number of carbonyl (C=O) groups excluding carboxylic acids is 1. The standard InChI is InChI=1S/C26H24Cl2O4S/c1-30-26(29)15-32-24-11-12-25(22-4-2-3-21(22)24)33-16-17-5-9-20(10-6-17)31-14-18-7-8-19(27)13-23(18)28/h5-13H,2-4,14-16H2,1H3. The molecule has 3 aromatic rings. The Morgan fingerprint density at radius 3 is 2.52 bits per heavy atom. The van der Waals surface area contributed by atoms with E-state index in [4.69, 9.17) is 32.7 Å². The minimum atomic E-state index is -0.371. The molecule has 0 heterocycles. The molecule has 33 heavy (non-hydrogen) atoms. The highest BCUT2D eigenvalue weighted by Crippen LogP contribution is 2.38. The Kier molecular flexibility index (Phi) is 8.07. The first kappa shape index (κ1) is 23.8. The van der Waals surface area contributed by atoms with Crippen molar-refractivity contribution in [2.45, 2.75) is 36.5 Å². The molecule has 0 bridgehead atoms. The Labute approximate surface area is 208 Å². The summed E-state index contributed by atoms with van der Waals surface area (Å²) in [6.45, 7) is 0.328. The zero-order valence-electron chi connectivity index (χ0n) is 18.2. The Balaban J connectivity index is 1.34. The second-order valence-corrected chi connectivity index (χ2v) is 9.56. The van der Waals surface area contributed by atoms with E-state index in [0.29, 0.717) is 16.7 Å². The first-order chi connectivity index (χ1) is 16.0. The molecule has 0 fully saturated rings. The largest absolute Gasteiger partial charge is 0.489 e. The van der Waals surface area contributed by atoms with Crippen LogP contribution in [0.15, 0.2) is 59.5 Å². The number of benzene rings is 3. The van der Waals surface area contributed by atoms with E-state index in [1.807, 2.05) is 36.0 Å². The van der Waals surface area contributed by atoms with Crippen LogP contribution < -0.4 is 9.47 Å². The molecule has 4 rings (SSSR count). The maximum Gasteiger partial charge on any atom is 0.343 e. The molecule has 0 spiro atoms. The van der Waals surface area contributed by atoms with E-state index in [2.05, 4.69) is 22.9 Å². The van der Waals surface area contributed by atoms with Gasteiger partial charge in [0.05, 0.1) is 7.11 Å². The van der Waals surface area contributed by atoms with Gasteiger partial charge in [-0.15, -0.1) is 11.8 Å². The lowest BCUT2D eigenvalue weighted by atomic mass is 10.1. The SMILES string of the molecule is COC(=O)COc1ccc(SCc2ccc(OCc3ccc(Cl)cc3Cl)cc2)c2c1CCC2. The lowest BCUT2D eigenvalue weighted by Gasteiger charge is -2.14. The monoisotopic (exact) mass is 502 g/mol. The van der Waals surface area contributed by atoms with Gasteiger partial charge in [0.15, 0.2) is 6.61 Å². The smallest absolute Gasteiger partial charge is 0.343 e. The number of methoxy groups -OCH3 is 1. The van der Waals surface area contributed by atoms with Crippen LogP contribution in [0.4, 0.5) is 0 Å². The minimum Gasteiger partial charge on any atom is -0.489 e. The highest BCUT2D eigenvalue weighted by Gasteiger charge is 2.20. The molecule has 0 N–H and O–H groups in total. The van der Waals surface area contributed by atoms with E-state index in [0.717, 1.165) is 42.1 Å². The third-order valence-electron chi connectivity index (χ3n) is 5.50. The first-order valence-electron chi connectivity index (χ1n) is 10.7. The van der Waals surface area contributed by atoms with Crippen LogP contribution in [0.2, 0.25) is 10.0 Å². The Bertz CT molecular complexity index is 1130. The average Bonchev–Trinajstić information content (AvgIpc) is 3.32. The van der Waals surface area contributed by atoms with E-state index in [-0.39, 0.29) is 12.6 Å². The highest BCUT2D eigenvalue weighted by atomic mass is 35.5. The van der Waals surface area contributed by atoms with Crippen molar-refractivity contribution in [3.8, 4) is 11.5 Å². The summed E-state index contributed by atoms with van der Waals surface area (Å²) in [5.41, 5.74) is 4.67. The van der Waals surface area contributed by atoms with Crippen LogP contribution in [0, 0.1) is 0 Å². The van der Waals surface area contributed by atoms with E-state index in [1.165, 1.54) is 28.7 Å². The van der Waals surface area contributed by atoms with Crippen LogP contribution in [-0.2, 0) is 34.7 Å². The van der Waals surface area contributed by atoms with E-state index >= 15 is 0 Å². The Morgan fingerprint density at radius 2 is 1.76 bits per heavy atom. The third-order valence-corrected chi connectivity index (χ3v) is 7.26. The summed E-state index contributed by atoms with van der Waals surface area (Å²) in [6.07, 6.45) is 3.11. The van der Waals surface area contributed by atoms with Crippen LogP contribution in [0.3, 0.4) is 0 Å². The van der Waals surface area contributed by atoms with Gasteiger partial charge in [0.1, 0.15) is 18.1 Å². The van der Waals surface area contributed by atoms with Gasteiger partial charge in [0, 0.05) is 26.3 Å². The molecule has 0 amide bonds. The van der Waals surface area contributed by atoms with Gasteiger partial charge in [-0.2, -0.15) is 0 Å². The Morgan fingerprint density at radius 1 is 0.970 bits per heavy atom. The van der Waals surface area contributed by atoms with Gasteiger partial charge in [-0.25, -0.2) is 4.79 Å². The molecule has 0 atom stereocenters. The molecule has 1 aliphatic rings. The second-order valence-electron chi connectivity index (χ2n) is 7.69. The van der Waals surface area contributed by atoms with E-state index in [9.17, 15) is 4.79 Å². The third kappa shape index (κ3) is 6.17. The molecule has 0 saturated carbocycles. The molecular weight excluding hydrogens is 479 g/mol. The van der Waals surface area contributed by atoms with Crippen molar-refractivity contribution in [2.75, 3.05) is 13.7 Å². The van der Waals surface area contributed by atoms with Crippen molar-refractivity contribution in [2.24, 2.45) is 0 Å². The van der Waals surface area contributed by atoms with Gasteiger partial charge >= 0.3 is 5.97 Å². The van der Waals surface area contributed by atoms with Crippen LogP contribution in [0.25, 0.3) is 0 Å². The first-order valence-corrected chi connectivity index (χ1v) is 12.4. The van der Waals surface area contributed by atoms with Crippen molar-refractivity contribution in [1.29, 1.82) is 0 Å². The molecule has 0 aliphatic heterocycles. The number of halogens is 2. The normalized spacial score (nSPS) is 12.3. The number of hydrogen-bond acceptors (Lipinski definition) is 5. The maximum atomic E-state index is 11.4. The van der Waals surface area contributed by atoms with Gasteiger partial charge in [0.25, 0.3) is 0 Å². The highest BCUT2D eigenvalue weighted by molar-refractivity contribution is 7.98. The molecule has 172 valence electrons. The zero-order valence-corrected chi connectivity index (χ0v) is 20.6. The number of rotatable bonds is 9. The second kappa shape index (κ2) is 11.2. The van der Waals surface area contributed by atoms with Gasteiger partial charge in [0.2, 0.25) is 0 Å². The molecule has 4 nitrogen and oxygen atoms in total. The molecule has 0 aromatic heterocycles. The number of thioether (sulfide) groups is 1. The van der Waals surface area contributed by atoms with Crippen molar-refractivity contribution in [3.63, 3.8) is 0 Å². The van der Waals surface area contributed by atoms with Crippen LogP contribution >= 0.6 is 35.0 Å². The maximum absolute atomic E-state index is 11.4. The fraction of sp³-hybridized carbons (Fsp3) is 0.269. The summed E-state index contributed by atoms with van der Waals surface area (Å²) >= 11 is 14.0. The number of carbonyl (C=O) groups is 1. The van der Waals surface area contributed by atoms with Gasteiger partial charge in [-0.3, -0.25) is 0 Å². The molecule has 0 radical (unpaired) electrons. The van der Waals surface area contributed by atoms with E-state index in [1.54, 1.807) is 12.1 Å². The summed E-state index contributed by atoms with van der Waals surface area (Å²) in [5, 5.41) is 1.21. The molecular formula is C26H24Cl2O4S. The van der Waals surface area contributed by atoms with Crippen molar-refractivity contribution in [1.82, 2.24) is 0 Å². The van der Waals surface area contributed by atoms with Crippen LogP contribution in [-0.4, -0.2) is 19.7 Å². The lowest BCUT2D eigenvalue weighted by Crippen LogP contribution is -2.13. The fourth-order valence-electron chi connectivity index (χ4n) is 3.75. The Hall–Kier alpha value is -2.34. The lowest BCUT2D eigenvalue weighted by molar-refractivity contribution is -0.142. The van der Waals surface area contributed by atoms with Crippen molar-refractivity contribution < 1.29 is 19.0 Å². The van der Waals surface area contributed by atoms with E-state index < -0.39 is 0 Å². The minimum absolute atomic E-state index is 0.0614. The van der Waals surface area contributed by atoms with Gasteiger partial charge < -0.3 is 14.2 Å². The number of esters is 1. The predicted molar refractivity (Wildman–Crippen MR) is 133 cm³/mol.